The summed E-state index contributed by atoms with van der Waals surface area (Å²) < 4.78 is 5.48. The van der Waals surface area contributed by atoms with Crippen molar-refractivity contribution < 1.29 is 9.25 Å². The smallest absolute Gasteiger partial charge is 0.145 e. The number of hydrogen-bond acceptors (Lipinski definition) is 5. The first-order chi connectivity index (χ1) is 10.8. The molecule has 0 aromatic carbocycles. The van der Waals surface area contributed by atoms with Crippen LogP contribution in [0.25, 0.3) is 0 Å². The van der Waals surface area contributed by atoms with Crippen LogP contribution in [0.1, 0.15) is 31.2 Å². The summed E-state index contributed by atoms with van der Waals surface area (Å²) >= 11 is 0. The van der Waals surface area contributed by atoms with Crippen molar-refractivity contribution in [3.05, 3.63) is 54.2 Å². The number of rotatable bonds is 7. The zero-order valence-corrected chi connectivity index (χ0v) is 12.8. The fourth-order valence-electron chi connectivity index (χ4n) is 2.61. The van der Waals surface area contributed by atoms with Gasteiger partial charge >= 0.3 is 0 Å². The molecule has 0 amide bonds. The van der Waals surface area contributed by atoms with E-state index in [1.807, 2.05) is 36.5 Å². The highest BCUT2D eigenvalue weighted by molar-refractivity contribution is 5.85. The molecule has 116 valence electrons. The molecule has 0 fully saturated rings. The summed E-state index contributed by atoms with van der Waals surface area (Å²) in [6.45, 7) is 4.43. The standard InChI is InChI=1S/C17H21N3O2/c1-2-14-10-17(22-19-14)13-20(12-16-7-5-9-21-16)11-15-6-3-4-8-18-15/h3-9,17H,2,10-13H2,1H3/t17-/m0/s1. The van der Waals surface area contributed by atoms with Crippen LogP contribution in [0.15, 0.2) is 52.4 Å². The maximum Gasteiger partial charge on any atom is 0.145 e. The molecular weight excluding hydrogens is 278 g/mol. The van der Waals surface area contributed by atoms with Crippen LogP contribution in [-0.4, -0.2) is 28.2 Å². The maximum absolute atomic E-state index is 5.54. The number of hydrogen-bond donors (Lipinski definition) is 0. The molecule has 1 aliphatic heterocycles. The highest BCUT2D eigenvalue weighted by Crippen LogP contribution is 2.17. The van der Waals surface area contributed by atoms with Crippen LogP contribution in [0.4, 0.5) is 0 Å². The molecule has 5 heteroatoms. The Bertz CT molecular complexity index is 596. The SMILES string of the molecule is CCC1=NO[C@H](CN(Cc2ccccn2)Cc2ccco2)C1. The second-order valence-electron chi connectivity index (χ2n) is 5.51. The van der Waals surface area contributed by atoms with Gasteiger partial charge in [0.15, 0.2) is 0 Å². The molecule has 22 heavy (non-hydrogen) atoms. The molecular formula is C17H21N3O2. The van der Waals surface area contributed by atoms with Crippen LogP contribution in [0.5, 0.6) is 0 Å². The molecule has 3 heterocycles. The monoisotopic (exact) mass is 299 g/mol. The minimum Gasteiger partial charge on any atom is -0.468 e. The first-order valence-corrected chi connectivity index (χ1v) is 7.69. The summed E-state index contributed by atoms with van der Waals surface area (Å²) in [5.41, 5.74) is 2.18. The Morgan fingerprint density at radius 2 is 2.18 bits per heavy atom. The van der Waals surface area contributed by atoms with Gasteiger partial charge in [-0.15, -0.1) is 0 Å². The summed E-state index contributed by atoms with van der Waals surface area (Å²) in [6, 6.07) is 9.89. The third kappa shape index (κ3) is 3.95. The van der Waals surface area contributed by atoms with E-state index in [1.54, 1.807) is 6.26 Å². The first kappa shape index (κ1) is 14.8. The molecule has 5 nitrogen and oxygen atoms in total. The van der Waals surface area contributed by atoms with Crippen molar-refractivity contribution in [2.24, 2.45) is 5.16 Å². The first-order valence-electron chi connectivity index (χ1n) is 7.69. The Morgan fingerprint density at radius 1 is 1.23 bits per heavy atom. The summed E-state index contributed by atoms with van der Waals surface area (Å²) in [6.07, 6.45) is 5.51. The lowest BCUT2D eigenvalue weighted by Crippen LogP contribution is -2.32. The van der Waals surface area contributed by atoms with Gasteiger partial charge < -0.3 is 9.25 Å². The Hall–Kier alpha value is -2.14. The van der Waals surface area contributed by atoms with Crippen LogP contribution < -0.4 is 0 Å². The Morgan fingerprint density at radius 3 is 2.86 bits per heavy atom. The number of pyridine rings is 1. The van der Waals surface area contributed by atoms with Gasteiger partial charge in [-0.25, -0.2) is 0 Å². The maximum atomic E-state index is 5.54. The van der Waals surface area contributed by atoms with Gasteiger partial charge in [-0.1, -0.05) is 18.1 Å². The van der Waals surface area contributed by atoms with Gasteiger partial charge in [0.2, 0.25) is 0 Å². The van der Waals surface area contributed by atoms with E-state index < -0.39 is 0 Å². The summed E-state index contributed by atoms with van der Waals surface area (Å²) in [5, 5.41) is 4.14. The zero-order chi connectivity index (χ0) is 15.2. The summed E-state index contributed by atoms with van der Waals surface area (Å²) in [4.78, 5) is 12.2. The molecule has 3 rings (SSSR count). The largest absolute Gasteiger partial charge is 0.468 e. The van der Waals surface area contributed by atoms with Crippen LogP contribution in [-0.2, 0) is 17.9 Å². The van der Waals surface area contributed by atoms with Gasteiger partial charge in [0.05, 0.1) is 24.2 Å². The number of oxime groups is 1. The molecule has 2 aromatic rings. The molecule has 0 saturated carbocycles. The topological polar surface area (TPSA) is 50.9 Å². The zero-order valence-electron chi connectivity index (χ0n) is 12.8. The van der Waals surface area contributed by atoms with E-state index in [9.17, 15) is 0 Å². The Labute approximate surface area is 130 Å². The summed E-state index contributed by atoms with van der Waals surface area (Å²) in [5.74, 6) is 0.950. The van der Waals surface area contributed by atoms with Gasteiger partial charge in [0.1, 0.15) is 11.9 Å². The lowest BCUT2D eigenvalue weighted by Gasteiger charge is -2.23. The highest BCUT2D eigenvalue weighted by atomic mass is 16.6. The predicted octanol–water partition coefficient (Wildman–Crippen LogP) is 3.23. The second kappa shape index (κ2) is 7.22. The molecule has 2 aromatic heterocycles. The van der Waals surface area contributed by atoms with Crippen molar-refractivity contribution in [1.82, 2.24) is 9.88 Å². The van der Waals surface area contributed by atoms with E-state index in [-0.39, 0.29) is 6.10 Å². The van der Waals surface area contributed by atoms with E-state index in [1.165, 1.54) is 0 Å². The van der Waals surface area contributed by atoms with E-state index >= 15 is 0 Å². The normalized spacial score (nSPS) is 17.5. The number of furan rings is 1. The van der Waals surface area contributed by atoms with Gasteiger partial charge in [-0.05, 0) is 30.7 Å². The average Bonchev–Trinajstić information content (AvgIpc) is 3.20. The fraction of sp³-hybridized carbons (Fsp3) is 0.412. The molecule has 0 aliphatic carbocycles. The van der Waals surface area contributed by atoms with Crippen molar-refractivity contribution in [3.8, 4) is 0 Å². The van der Waals surface area contributed by atoms with Crippen molar-refractivity contribution in [3.63, 3.8) is 0 Å². The predicted molar refractivity (Wildman–Crippen MR) is 84.3 cm³/mol. The van der Waals surface area contributed by atoms with Gasteiger partial charge in [0, 0.05) is 25.7 Å². The van der Waals surface area contributed by atoms with Crippen molar-refractivity contribution in [1.29, 1.82) is 0 Å². The third-order valence-corrected chi connectivity index (χ3v) is 3.74. The van der Waals surface area contributed by atoms with Crippen LogP contribution in [0.2, 0.25) is 0 Å². The Kier molecular flexibility index (Phi) is 4.85. The van der Waals surface area contributed by atoms with Crippen molar-refractivity contribution in [2.75, 3.05) is 6.54 Å². The molecule has 1 aliphatic rings. The van der Waals surface area contributed by atoms with Crippen LogP contribution in [0.3, 0.4) is 0 Å². The van der Waals surface area contributed by atoms with E-state index in [4.69, 9.17) is 9.25 Å². The van der Waals surface area contributed by atoms with Gasteiger partial charge in [-0.3, -0.25) is 9.88 Å². The van der Waals surface area contributed by atoms with Gasteiger partial charge in [0.25, 0.3) is 0 Å². The molecule has 1 atom stereocenters. The Balaban J connectivity index is 1.63. The fourth-order valence-corrected chi connectivity index (χ4v) is 2.61. The van der Waals surface area contributed by atoms with Crippen molar-refractivity contribution in [2.45, 2.75) is 39.0 Å². The van der Waals surface area contributed by atoms with Crippen LogP contribution >= 0.6 is 0 Å². The quantitative estimate of drug-likeness (QED) is 0.787. The molecule has 0 radical (unpaired) electrons. The van der Waals surface area contributed by atoms with E-state index in [2.05, 4.69) is 22.0 Å². The minimum atomic E-state index is 0.119. The molecule has 0 N–H and O–H groups in total. The third-order valence-electron chi connectivity index (χ3n) is 3.74. The average molecular weight is 299 g/mol. The van der Waals surface area contributed by atoms with Crippen LogP contribution in [0, 0.1) is 0 Å². The van der Waals surface area contributed by atoms with E-state index in [0.717, 1.165) is 49.6 Å². The minimum absolute atomic E-state index is 0.119. The van der Waals surface area contributed by atoms with E-state index in [0.29, 0.717) is 0 Å². The van der Waals surface area contributed by atoms with Crippen molar-refractivity contribution >= 4 is 5.71 Å². The number of nitrogens with zero attached hydrogens (tertiary/aromatic N) is 3. The van der Waals surface area contributed by atoms with Gasteiger partial charge in [-0.2, -0.15) is 0 Å². The highest BCUT2D eigenvalue weighted by Gasteiger charge is 2.23. The lowest BCUT2D eigenvalue weighted by atomic mass is 10.1. The number of aromatic nitrogens is 1. The molecule has 0 bridgehead atoms. The molecule has 0 spiro atoms. The summed E-state index contributed by atoms with van der Waals surface area (Å²) in [7, 11) is 0. The lowest BCUT2D eigenvalue weighted by molar-refractivity contribution is 0.0456. The molecule has 0 unspecified atom stereocenters. The second-order valence-corrected chi connectivity index (χ2v) is 5.51. The molecule has 0 saturated heterocycles.